The lowest BCUT2D eigenvalue weighted by Crippen LogP contribution is -2.44. The van der Waals surface area contributed by atoms with E-state index in [0.717, 1.165) is 17.8 Å². The predicted octanol–water partition coefficient (Wildman–Crippen LogP) is 1.92. The Morgan fingerprint density at radius 1 is 1.38 bits per heavy atom. The number of para-hydroxylation sites is 1. The Hall–Kier alpha value is -1.77. The van der Waals surface area contributed by atoms with Crippen molar-refractivity contribution in [3.8, 4) is 0 Å². The summed E-state index contributed by atoms with van der Waals surface area (Å²) in [5, 5.41) is 2.80. The molecule has 1 saturated heterocycles. The van der Waals surface area contributed by atoms with E-state index < -0.39 is 0 Å². The van der Waals surface area contributed by atoms with E-state index in [2.05, 4.69) is 28.9 Å². The van der Waals surface area contributed by atoms with Gasteiger partial charge in [-0.2, -0.15) is 0 Å². The molecule has 1 atom stereocenters. The fourth-order valence-corrected chi connectivity index (χ4v) is 2.04. The maximum atomic E-state index is 11.2. The van der Waals surface area contributed by atoms with Gasteiger partial charge in [-0.15, -0.1) is 0 Å². The van der Waals surface area contributed by atoms with Gasteiger partial charge in [-0.25, -0.2) is 0 Å². The number of hydrogen-bond acceptors (Lipinski definition) is 2. The van der Waals surface area contributed by atoms with Gasteiger partial charge in [0.15, 0.2) is 0 Å². The minimum Gasteiger partial charge on any atom is -0.366 e. The number of benzene rings is 1. The number of amides is 1. The van der Waals surface area contributed by atoms with Crippen molar-refractivity contribution in [2.45, 2.75) is 18.9 Å². The van der Waals surface area contributed by atoms with Crippen LogP contribution in [0.25, 0.3) is 0 Å². The van der Waals surface area contributed by atoms with E-state index in [4.69, 9.17) is 0 Å². The normalized spacial score (nSPS) is 20.4. The molecule has 2 rings (SSSR count). The number of carbonyl (C=O) groups is 1. The largest absolute Gasteiger partial charge is 0.366 e. The molecule has 1 amide bonds. The van der Waals surface area contributed by atoms with Gasteiger partial charge in [-0.05, 0) is 18.6 Å². The lowest BCUT2D eigenvalue weighted by Gasteiger charge is -2.34. The fraction of sp³-hybridized carbons (Fsp3) is 0.308. The predicted molar refractivity (Wildman–Crippen MR) is 65.1 cm³/mol. The van der Waals surface area contributed by atoms with Crippen LogP contribution in [0.2, 0.25) is 0 Å². The molecule has 0 radical (unpaired) electrons. The molecule has 0 aromatic heterocycles. The number of carbonyl (C=O) groups excluding carboxylic acids is 1. The molecule has 1 N–H and O–H groups in total. The van der Waals surface area contributed by atoms with E-state index in [1.54, 1.807) is 0 Å². The van der Waals surface area contributed by atoms with Gasteiger partial charge < -0.3 is 10.2 Å². The molecule has 1 aliphatic rings. The highest BCUT2D eigenvalue weighted by molar-refractivity contribution is 5.79. The van der Waals surface area contributed by atoms with E-state index in [-0.39, 0.29) is 11.9 Å². The Morgan fingerprint density at radius 3 is 2.69 bits per heavy atom. The molecule has 1 aromatic rings. The Bertz CT molecular complexity index is 400. The average Bonchev–Trinajstić information content (AvgIpc) is 2.29. The zero-order chi connectivity index (χ0) is 11.5. The summed E-state index contributed by atoms with van der Waals surface area (Å²) in [4.78, 5) is 13.3. The van der Waals surface area contributed by atoms with Crippen LogP contribution in [0.4, 0.5) is 5.69 Å². The molecule has 1 heterocycles. The second kappa shape index (κ2) is 4.39. The van der Waals surface area contributed by atoms with Crippen molar-refractivity contribution >= 4 is 11.6 Å². The topological polar surface area (TPSA) is 32.3 Å². The molecule has 0 bridgehead atoms. The molecule has 1 aromatic carbocycles. The Labute approximate surface area is 95.8 Å². The van der Waals surface area contributed by atoms with Gasteiger partial charge >= 0.3 is 0 Å². The third-order valence-corrected chi connectivity index (χ3v) is 2.98. The summed E-state index contributed by atoms with van der Waals surface area (Å²) >= 11 is 0. The van der Waals surface area contributed by atoms with Crippen molar-refractivity contribution in [1.29, 1.82) is 0 Å². The van der Waals surface area contributed by atoms with Crippen molar-refractivity contribution in [3.63, 3.8) is 0 Å². The summed E-state index contributed by atoms with van der Waals surface area (Å²) in [6.07, 6.45) is 1.40. The molecule has 1 aliphatic heterocycles. The van der Waals surface area contributed by atoms with Gasteiger partial charge in [0.2, 0.25) is 5.91 Å². The Balaban J connectivity index is 2.13. The van der Waals surface area contributed by atoms with Crippen LogP contribution in [0.15, 0.2) is 42.6 Å². The van der Waals surface area contributed by atoms with Crippen molar-refractivity contribution in [2.24, 2.45) is 0 Å². The van der Waals surface area contributed by atoms with Crippen molar-refractivity contribution in [1.82, 2.24) is 5.32 Å². The standard InChI is InChI=1S/C13H16N2O/c1-10-12(8-9-13(16)14-10)15(2)11-6-4-3-5-7-11/h3-7,12H,1,8-9H2,2H3,(H,14,16). The van der Waals surface area contributed by atoms with E-state index in [1.807, 2.05) is 25.2 Å². The van der Waals surface area contributed by atoms with Gasteiger partial charge in [-0.3, -0.25) is 4.79 Å². The number of likely N-dealkylation sites (N-methyl/N-ethyl adjacent to an activating group) is 1. The highest BCUT2D eigenvalue weighted by Gasteiger charge is 2.25. The molecule has 3 heteroatoms. The third-order valence-electron chi connectivity index (χ3n) is 2.98. The molecular weight excluding hydrogens is 200 g/mol. The van der Waals surface area contributed by atoms with Crippen LogP contribution in [0, 0.1) is 0 Å². The smallest absolute Gasteiger partial charge is 0.224 e. The van der Waals surface area contributed by atoms with Gasteiger partial charge in [-0.1, -0.05) is 24.8 Å². The lowest BCUT2D eigenvalue weighted by atomic mass is 10.0. The highest BCUT2D eigenvalue weighted by atomic mass is 16.1. The second-order valence-electron chi connectivity index (χ2n) is 4.07. The van der Waals surface area contributed by atoms with Gasteiger partial charge in [0, 0.05) is 24.9 Å². The maximum absolute atomic E-state index is 11.2. The van der Waals surface area contributed by atoms with Crippen LogP contribution in [0.3, 0.4) is 0 Å². The van der Waals surface area contributed by atoms with Crippen LogP contribution in [0.1, 0.15) is 12.8 Å². The number of hydrogen-bond donors (Lipinski definition) is 1. The summed E-state index contributed by atoms with van der Waals surface area (Å²) in [7, 11) is 2.03. The number of piperidine rings is 1. The van der Waals surface area contributed by atoms with E-state index in [0.29, 0.717) is 6.42 Å². The van der Waals surface area contributed by atoms with Crippen LogP contribution in [-0.4, -0.2) is 19.0 Å². The van der Waals surface area contributed by atoms with E-state index >= 15 is 0 Å². The molecule has 84 valence electrons. The van der Waals surface area contributed by atoms with Crippen molar-refractivity contribution in [2.75, 3.05) is 11.9 Å². The first kappa shape index (κ1) is 10.7. The maximum Gasteiger partial charge on any atom is 0.224 e. The lowest BCUT2D eigenvalue weighted by molar-refractivity contribution is -0.121. The zero-order valence-electron chi connectivity index (χ0n) is 9.44. The summed E-state index contributed by atoms with van der Waals surface area (Å²) < 4.78 is 0. The SMILES string of the molecule is C=C1NC(=O)CCC1N(C)c1ccccc1. The van der Waals surface area contributed by atoms with Gasteiger partial charge in [0.05, 0.1) is 6.04 Å². The van der Waals surface area contributed by atoms with Crippen LogP contribution in [0.5, 0.6) is 0 Å². The highest BCUT2D eigenvalue weighted by Crippen LogP contribution is 2.22. The van der Waals surface area contributed by atoms with E-state index in [1.165, 1.54) is 0 Å². The quantitative estimate of drug-likeness (QED) is 0.819. The Morgan fingerprint density at radius 2 is 2.06 bits per heavy atom. The number of rotatable bonds is 2. The first-order valence-corrected chi connectivity index (χ1v) is 5.45. The first-order chi connectivity index (χ1) is 7.68. The minimum absolute atomic E-state index is 0.0720. The zero-order valence-corrected chi connectivity index (χ0v) is 9.44. The van der Waals surface area contributed by atoms with Crippen LogP contribution in [-0.2, 0) is 4.79 Å². The number of anilines is 1. The summed E-state index contributed by atoms with van der Waals surface area (Å²) in [6, 6.07) is 10.3. The molecule has 3 nitrogen and oxygen atoms in total. The number of nitrogens with zero attached hydrogens (tertiary/aromatic N) is 1. The van der Waals surface area contributed by atoms with Gasteiger partial charge in [0.1, 0.15) is 0 Å². The fourth-order valence-electron chi connectivity index (χ4n) is 2.04. The van der Waals surface area contributed by atoms with E-state index in [9.17, 15) is 4.79 Å². The Kier molecular flexibility index (Phi) is 2.95. The van der Waals surface area contributed by atoms with Crippen LogP contribution < -0.4 is 10.2 Å². The monoisotopic (exact) mass is 216 g/mol. The van der Waals surface area contributed by atoms with Gasteiger partial charge in [0.25, 0.3) is 0 Å². The molecule has 16 heavy (non-hydrogen) atoms. The molecule has 1 fully saturated rings. The third kappa shape index (κ3) is 2.08. The summed E-state index contributed by atoms with van der Waals surface area (Å²) in [6.45, 7) is 3.92. The molecule has 0 spiro atoms. The molecule has 0 aliphatic carbocycles. The first-order valence-electron chi connectivity index (χ1n) is 5.45. The van der Waals surface area contributed by atoms with Crippen LogP contribution >= 0.6 is 0 Å². The summed E-state index contributed by atoms with van der Waals surface area (Å²) in [5.74, 6) is 0.0720. The average molecular weight is 216 g/mol. The van der Waals surface area contributed by atoms with Crippen molar-refractivity contribution in [3.05, 3.63) is 42.6 Å². The molecule has 0 saturated carbocycles. The molecular formula is C13H16N2O. The summed E-state index contributed by atoms with van der Waals surface area (Å²) in [5.41, 5.74) is 1.94. The number of nitrogens with one attached hydrogen (secondary N) is 1. The second-order valence-corrected chi connectivity index (χ2v) is 4.07. The minimum atomic E-state index is 0.0720. The molecule has 1 unspecified atom stereocenters. The van der Waals surface area contributed by atoms with Crippen molar-refractivity contribution < 1.29 is 4.79 Å².